The highest BCUT2D eigenvalue weighted by molar-refractivity contribution is 5.85. The first kappa shape index (κ1) is 10.6. The largest absolute Gasteiger partial charge is 0.357 e. The molecule has 4 rings (SSSR count). The summed E-state index contributed by atoms with van der Waals surface area (Å²) in [5.41, 5.74) is 5.73. The van der Waals surface area contributed by atoms with Gasteiger partial charge in [0, 0.05) is 16.6 Å². The van der Waals surface area contributed by atoms with Crippen LogP contribution in [0.1, 0.15) is 42.1 Å². The van der Waals surface area contributed by atoms with E-state index in [2.05, 4.69) is 35.4 Å². The molecule has 0 radical (unpaired) electrons. The molecule has 2 nitrogen and oxygen atoms in total. The molecule has 0 spiro atoms. The topological polar surface area (TPSA) is 27.8 Å². The lowest BCUT2D eigenvalue weighted by molar-refractivity contribution is 0.222. The number of aryl methyl sites for hydroxylation is 1. The van der Waals surface area contributed by atoms with E-state index in [1.165, 1.54) is 47.8 Å². The summed E-state index contributed by atoms with van der Waals surface area (Å²) < 4.78 is 0. The van der Waals surface area contributed by atoms with Gasteiger partial charge in [-0.2, -0.15) is 0 Å². The minimum Gasteiger partial charge on any atom is -0.357 e. The predicted molar refractivity (Wildman–Crippen MR) is 74.8 cm³/mol. The highest BCUT2D eigenvalue weighted by Crippen LogP contribution is 2.41. The number of hydrogen-bond donors (Lipinski definition) is 2. The fraction of sp³-hybridized carbons (Fsp3) is 0.500. The van der Waals surface area contributed by atoms with E-state index in [-0.39, 0.29) is 0 Å². The van der Waals surface area contributed by atoms with E-state index < -0.39 is 0 Å². The molecule has 1 unspecified atom stereocenters. The molecule has 0 saturated heterocycles. The number of fused-ring (bicyclic) bond motifs is 3. The van der Waals surface area contributed by atoms with Crippen molar-refractivity contribution in [3.8, 4) is 0 Å². The second-order valence-electron chi connectivity index (χ2n) is 5.94. The quantitative estimate of drug-likeness (QED) is 0.785. The summed E-state index contributed by atoms with van der Waals surface area (Å²) in [5, 5.41) is 5.18. The van der Waals surface area contributed by atoms with Gasteiger partial charge in [0.2, 0.25) is 0 Å². The highest BCUT2D eigenvalue weighted by atomic mass is 15.0. The molecule has 1 fully saturated rings. The molecule has 1 aromatic heterocycles. The van der Waals surface area contributed by atoms with E-state index in [0.717, 1.165) is 12.5 Å². The predicted octanol–water partition coefficient (Wildman–Crippen LogP) is 3.46. The summed E-state index contributed by atoms with van der Waals surface area (Å²) in [6.07, 6.45) is 5.37. The van der Waals surface area contributed by atoms with Crippen LogP contribution in [0.4, 0.5) is 0 Å². The molecule has 1 saturated carbocycles. The Morgan fingerprint density at radius 3 is 2.89 bits per heavy atom. The van der Waals surface area contributed by atoms with Crippen molar-refractivity contribution in [3.63, 3.8) is 0 Å². The monoisotopic (exact) mass is 240 g/mol. The van der Waals surface area contributed by atoms with E-state index in [1.807, 2.05) is 0 Å². The zero-order chi connectivity index (χ0) is 12.1. The van der Waals surface area contributed by atoms with Gasteiger partial charge in [0.05, 0.1) is 6.04 Å². The van der Waals surface area contributed by atoms with Crippen molar-refractivity contribution in [1.82, 2.24) is 10.3 Å². The van der Waals surface area contributed by atoms with Gasteiger partial charge in [-0.05, 0) is 56.3 Å². The van der Waals surface area contributed by atoms with Crippen LogP contribution in [0, 0.1) is 12.8 Å². The number of H-pyrrole nitrogens is 1. The van der Waals surface area contributed by atoms with Crippen LogP contribution in [0.25, 0.3) is 10.9 Å². The number of benzene rings is 1. The molecule has 0 bridgehead atoms. The van der Waals surface area contributed by atoms with Crippen LogP contribution in [-0.4, -0.2) is 11.5 Å². The van der Waals surface area contributed by atoms with Crippen molar-refractivity contribution < 1.29 is 0 Å². The lowest BCUT2D eigenvalue weighted by Gasteiger charge is -2.36. The Hall–Kier alpha value is -1.28. The molecular weight excluding hydrogens is 220 g/mol. The maximum absolute atomic E-state index is 3.72. The molecule has 0 amide bonds. The van der Waals surface area contributed by atoms with Crippen LogP contribution in [0.5, 0.6) is 0 Å². The lowest BCUT2D eigenvalue weighted by Crippen LogP contribution is -2.37. The summed E-state index contributed by atoms with van der Waals surface area (Å²) in [7, 11) is 0. The average molecular weight is 240 g/mol. The van der Waals surface area contributed by atoms with Gasteiger partial charge in [-0.1, -0.05) is 18.1 Å². The molecule has 2 heteroatoms. The van der Waals surface area contributed by atoms with Crippen molar-refractivity contribution >= 4 is 10.9 Å². The fourth-order valence-corrected chi connectivity index (χ4v) is 3.55. The van der Waals surface area contributed by atoms with Gasteiger partial charge in [0.1, 0.15) is 0 Å². The average Bonchev–Trinajstić information content (AvgIpc) is 2.66. The van der Waals surface area contributed by atoms with E-state index in [9.17, 15) is 0 Å². The molecule has 2 aromatic rings. The molecule has 2 aliphatic rings. The first-order chi connectivity index (χ1) is 8.83. The third-order valence-corrected chi connectivity index (χ3v) is 4.77. The third-order valence-electron chi connectivity index (χ3n) is 4.77. The van der Waals surface area contributed by atoms with Crippen LogP contribution < -0.4 is 5.32 Å². The van der Waals surface area contributed by atoms with E-state index in [4.69, 9.17) is 0 Å². The molecule has 1 aromatic carbocycles. The molecule has 2 heterocycles. The summed E-state index contributed by atoms with van der Waals surface area (Å²) in [5.74, 6) is 0.859. The molecule has 94 valence electrons. The SMILES string of the molecule is Cc1ccc2[nH]c3c(c2c1)CCNC3C1CCC1. The Balaban J connectivity index is 1.87. The molecule has 1 aliphatic carbocycles. The fourth-order valence-electron chi connectivity index (χ4n) is 3.55. The highest BCUT2D eigenvalue weighted by Gasteiger charge is 2.33. The Labute approximate surface area is 108 Å². The zero-order valence-electron chi connectivity index (χ0n) is 10.9. The summed E-state index contributed by atoms with van der Waals surface area (Å²) in [6.45, 7) is 3.32. The minimum absolute atomic E-state index is 0.579. The Kier molecular flexibility index (Phi) is 2.28. The van der Waals surface area contributed by atoms with Crippen molar-refractivity contribution in [2.24, 2.45) is 5.92 Å². The van der Waals surface area contributed by atoms with Crippen LogP contribution in [0.2, 0.25) is 0 Å². The number of nitrogens with one attached hydrogen (secondary N) is 2. The van der Waals surface area contributed by atoms with Crippen molar-refractivity contribution in [1.29, 1.82) is 0 Å². The van der Waals surface area contributed by atoms with Gasteiger partial charge in [0.15, 0.2) is 0 Å². The Morgan fingerprint density at radius 1 is 1.22 bits per heavy atom. The van der Waals surface area contributed by atoms with Gasteiger partial charge < -0.3 is 10.3 Å². The van der Waals surface area contributed by atoms with Gasteiger partial charge in [-0.25, -0.2) is 0 Å². The van der Waals surface area contributed by atoms with Crippen molar-refractivity contribution in [2.45, 2.75) is 38.6 Å². The van der Waals surface area contributed by atoms with Gasteiger partial charge in [-0.15, -0.1) is 0 Å². The first-order valence-corrected chi connectivity index (χ1v) is 7.17. The molecular formula is C16H20N2. The maximum Gasteiger partial charge on any atom is 0.0504 e. The standard InChI is InChI=1S/C16H20N2/c1-10-5-6-14-13(9-10)12-7-8-17-15(16(12)18-14)11-3-2-4-11/h5-6,9,11,15,17-18H,2-4,7-8H2,1H3. The lowest BCUT2D eigenvalue weighted by atomic mass is 9.76. The van der Waals surface area contributed by atoms with Crippen LogP contribution in [-0.2, 0) is 6.42 Å². The number of aromatic amines is 1. The van der Waals surface area contributed by atoms with Crippen LogP contribution in [0.15, 0.2) is 18.2 Å². The van der Waals surface area contributed by atoms with Crippen LogP contribution >= 0.6 is 0 Å². The minimum atomic E-state index is 0.579. The van der Waals surface area contributed by atoms with Gasteiger partial charge in [0.25, 0.3) is 0 Å². The number of aromatic nitrogens is 1. The van der Waals surface area contributed by atoms with E-state index in [1.54, 1.807) is 5.56 Å². The summed E-state index contributed by atoms with van der Waals surface area (Å²) in [6, 6.07) is 7.36. The Morgan fingerprint density at radius 2 is 2.11 bits per heavy atom. The third kappa shape index (κ3) is 1.45. The normalized spacial score (nSPS) is 23.9. The summed E-state index contributed by atoms with van der Waals surface area (Å²) in [4.78, 5) is 3.68. The zero-order valence-corrected chi connectivity index (χ0v) is 10.9. The number of rotatable bonds is 1. The second kappa shape index (κ2) is 3.86. The smallest absolute Gasteiger partial charge is 0.0504 e. The van der Waals surface area contributed by atoms with E-state index >= 15 is 0 Å². The van der Waals surface area contributed by atoms with Gasteiger partial charge in [-0.3, -0.25) is 0 Å². The van der Waals surface area contributed by atoms with Crippen molar-refractivity contribution in [3.05, 3.63) is 35.0 Å². The molecule has 1 atom stereocenters. The summed E-state index contributed by atoms with van der Waals surface area (Å²) >= 11 is 0. The van der Waals surface area contributed by atoms with E-state index in [0.29, 0.717) is 6.04 Å². The first-order valence-electron chi connectivity index (χ1n) is 7.17. The van der Waals surface area contributed by atoms with Crippen molar-refractivity contribution in [2.75, 3.05) is 6.54 Å². The molecule has 1 aliphatic heterocycles. The molecule has 18 heavy (non-hydrogen) atoms. The van der Waals surface area contributed by atoms with Crippen LogP contribution in [0.3, 0.4) is 0 Å². The molecule has 2 N–H and O–H groups in total. The Bertz CT molecular complexity index is 592. The second-order valence-corrected chi connectivity index (χ2v) is 5.94. The maximum atomic E-state index is 3.72. The number of hydrogen-bond acceptors (Lipinski definition) is 1. The van der Waals surface area contributed by atoms with Gasteiger partial charge >= 0.3 is 0 Å².